The van der Waals surface area contributed by atoms with Crippen molar-refractivity contribution in [3.05, 3.63) is 28.8 Å². The molecule has 1 aromatic rings. The number of piperidine rings is 1. The van der Waals surface area contributed by atoms with Gasteiger partial charge < -0.3 is 4.90 Å². The molecule has 1 heterocycles. The SMILES string of the molecule is CCCN1CCC(NS(=O)(=O)c2cc(C(F)(F)F)ccc2Cl)CC1. The maximum Gasteiger partial charge on any atom is 0.416 e. The summed E-state index contributed by atoms with van der Waals surface area (Å²) >= 11 is 5.82. The van der Waals surface area contributed by atoms with Crippen LogP contribution in [0, 0.1) is 0 Å². The lowest BCUT2D eigenvalue weighted by Crippen LogP contribution is -2.44. The van der Waals surface area contributed by atoms with E-state index >= 15 is 0 Å². The number of sulfonamides is 1. The standard InChI is InChI=1S/C15H20ClF3N2O2S/c1-2-7-21-8-5-12(6-9-21)20-24(22,23)14-10-11(15(17,18)19)3-4-13(14)16/h3-4,10,12,20H,2,5-9H2,1H3. The number of benzene rings is 1. The third kappa shape index (κ3) is 4.84. The first-order valence-electron chi connectivity index (χ1n) is 7.75. The van der Waals surface area contributed by atoms with Gasteiger partial charge in [0.25, 0.3) is 0 Å². The molecule has 1 aliphatic heterocycles. The van der Waals surface area contributed by atoms with Crippen LogP contribution in [-0.2, 0) is 16.2 Å². The van der Waals surface area contributed by atoms with E-state index in [1.165, 1.54) is 0 Å². The van der Waals surface area contributed by atoms with Crippen molar-refractivity contribution in [1.29, 1.82) is 0 Å². The molecule has 4 nitrogen and oxygen atoms in total. The van der Waals surface area contributed by atoms with Gasteiger partial charge in [0.15, 0.2) is 0 Å². The van der Waals surface area contributed by atoms with Crippen molar-refractivity contribution >= 4 is 21.6 Å². The number of alkyl halides is 3. The number of likely N-dealkylation sites (tertiary alicyclic amines) is 1. The van der Waals surface area contributed by atoms with Crippen molar-refractivity contribution in [3.8, 4) is 0 Å². The summed E-state index contributed by atoms with van der Waals surface area (Å²) in [4.78, 5) is 1.71. The summed E-state index contributed by atoms with van der Waals surface area (Å²) < 4.78 is 65.7. The van der Waals surface area contributed by atoms with E-state index in [0.29, 0.717) is 18.9 Å². The molecule has 0 aliphatic carbocycles. The summed E-state index contributed by atoms with van der Waals surface area (Å²) in [6.45, 7) is 4.55. The van der Waals surface area contributed by atoms with E-state index in [1.54, 1.807) is 0 Å². The molecule has 0 aromatic heterocycles. The van der Waals surface area contributed by atoms with Crippen LogP contribution in [0.5, 0.6) is 0 Å². The number of nitrogens with zero attached hydrogens (tertiary/aromatic N) is 1. The van der Waals surface area contributed by atoms with Gasteiger partial charge in [-0.25, -0.2) is 13.1 Å². The largest absolute Gasteiger partial charge is 0.416 e. The predicted molar refractivity (Wildman–Crippen MR) is 86.5 cm³/mol. The third-order valence-corrected chi connectivity index (χ3v) is 6.00. The average Bonchev–Trinajstić information content (AvgIpc) is 2.48. The highest BCUT2D eigenvalue weighted by Crippen LogP contribution is 2.33. The number of hydrogen-bond donors (Lipinski definition) is 1. The Bertz CT molecular complexity index is 672. The van der Waals surface area contributed by atoms with E-state index < -0.39 is 26.7 Å². The zero-order valence-electron chi connectivity index (χ0n) is 13.2. The van der Waals surface area contributed by atoms with Crippen LogP contribution in [0.4, 0.5) is 13.2 Å². The molecule has 9 heteroatoms. The fourth-order valence-corrected chi connectivity index (χ4v) is 4.59. The Kier molecular flexibility index (Phi) is 6.17. The minimum Gasteiger partial charge on any atom is -0.303 e. The van der Waals surface area contributed by atoms with E-state index in [0.717, 1.165) is 38.2 Å². The molecular formula is C15H20ClF3N2O2S. The highest BCUT2D eigenvalue weighted by molar-refractivity contribution is 7.89. The van der Waals surface area contributed by atoms with Gasteiger partial charge in [0.05, 0.1) is 10.6 Å². The molecule has 1 fully saturated rings. The van der Waals surface area contributed by atoms with Crippen LogP contribution in [0.2, 0.25) is 5.02 Å². The predicted octanol–water partition coefficient (Wildman–Crippen LogP) is 3.51. The van der Waals surface area contributed by atoms with Crippen LogP contribution in [-0.4, -0.2) is 39.0 Å². The summed E-state index contributed by atoms with van der Waals surface area (Å²) in [5, 5.41) is -0.223. The second-order valence-corrected chi connectivity index (χ2v) is 7.97. The third-order valence-electron chi connectivity index (χ3n) is 4.00. The quantitative estimate of drug-likeness (QED) is 0.845. The minimum absolute atomic E-state index is 0.223. The molecular weight excluding hydrogens is 365 g/mol. The Hall–Kier alpha value is -0.830. The number of hydrogen-bond acceptors (Lipinski definition) is 3. The molecule has 0 radical (unpaired) electrons. The van der Waals surface area contributed by atoms with Crippen LogP contribution >= 0.6 is 11.6 Å². The van der Waals surface area contributed by atoms with Gasteiger partial charge in [0, 0.05) is 6.04 Å². The van der Waals surface area contributed by atoms with Crippen molar-refractivity contribution in [2.45, 2.75) is 43.3 Å². The molecule has 0 spiro atoms. The van der Waals surface area contributed by atoms with Gasteiger partial charge in [-0.15, -0.1) is 0 Å². The van der Waals surface area contributed by atoms with Crippen molar-refractivity contribution in [3.63, 3.8) is 0 Å². The first kappa shape index (κ1) is 19.5. The highest BCUT2D eigenvalue weighted by Gasteiger charge is 2.33. The Morgan fingerprint density at radius 2 is 1.92 bits per heavy atom. The molecule has 0 unspecified atom stereocenters. The second-order valence-electron chi connectivity index (χ2n) is 5.88. The smallest absolute Gasteiger partial charge is 0.303 e. The zero-order valence-corrected chi connectivity index (χ0v) is 14.8. The maximum atomic E-state index is 12.8. The van der Waals surface area contributed by atoms with Crippen LogP contribution in [0.3, 0.4) is 0 Å². The lowest BCUT2D eigenvalue weighted by Gasteiger charge is -2.32. The molecule has 136 valence electrons. The molecule has 0 saturated carbocycles. The molecule has 1 saturated heterocycles. The monoisotopic (exact) mass is 384 g/mol. The molecule has 0 bridgehead atoms. The first-order chi connectivity index (χ1) is 11.1. The van der Waals surface area contributed by atoms with Gasteiger partial charge in [-0.3, -0.25) is 0 Å². The second kappa shape index (κ2) is 7.59. The van der Waals surface area contributed by atoms with Gasteiger partial charge in [0.1, 0.15) is 4.90 Å². The Balaban J connectivity index is 2.14. The van der Waals surface area contributed by atoms with Crippen molar-refractivity contribution in [2.24, 2.45) is 0 Å². The van der Waals surface area contributed by atoms with E-state index in [1.807, 2.05) is 0 Å². The maximum absolute atomic E-state index is 12.8. The molecule has 1 N–H and O–H groups in total. The first-order valence-corrected chi connectivity index (χ1v) is 9.61. The van der Waals surface area contributed by atoms with E-state index in [4.69, 9.17) is 11.6 Å². The van der Waals surface area contributed by atoms with Gasteiger partial charge in [-0.1, -0.05) is 18.5 Å². The highest BCUT2D eigenvalue weighted by atomic mass is 35.5. The lowest BCUT2D eigenvalue weighted by molar-refractivity contribution is -0.137. The topological polar surface area (TPSA) is 49.4 Å². The molecule has 0 amide bonds. The fourth-order valence-electron chi connectivity index (χ4n) is 2.76. The van der Waals surface area contributed by atoms with Gasteiger partial charge in [0.2, 0.25) is 10.0 Å². The molecule has 0 atom stereocenters. The van der Waals surface area contributed by atoms with Gasteiger partial charge in [-0.2, -0.15) is 13.2 Å². The normalized spacial score (nSPS) is 18.0. The van der Waals surface area contributed by atoms with Crippen LogP contribution < -0.4 is 4.72 Å². The Morgan fingerprint density at radius 3 is 2.46 bits per heavy atom. The summed E-state index contributed by atoms with van der Waals surface area (Å²) in [6, 6.07) is 2.01. The Morgan fingerprint density at radius 1 is 1.29 bits per heavy atom. The summed E-state index contributed by atoms with van der Waals surface area (Å²) in [6.07, 6.45) is -2.36. The van der Waals surface area contributed by atoms with Gasteiger partial charge >= 0.3 is 6.18 Å². The summed E-state index contributed by atoms with van der Waals surface area (Å²) in [7, 11) is -4.10. The van der Waals surface area contributed by atoms with Crippen molar-refractivity contribution in [2.75, 3.05) is 19.6 Å². The van der Waals surface area contributed by atoms with Gasteiger partial charge in [-0.05, 0) is 57.1 Å². The lowest BCUT2D eigenvalue weighted by atomic mass is 10.1. The average molecular weight is 385 g/mol. The van der Waals surface area contributed by atoms with Crippen LogP contribution in [0.25, 0.3) is 0 Å². The number of rotatable bonds is 5. The van der Waals surface area contributed by atoms with Crippen LogP contribution in [0.15, 0.2) is 23.1 Å². The van der Waals surface area contributed by atoms with E-state index in [2.05, 4.69) is 16.5 Å². The molecule has 1 aromatic carbocycles. The zero-order chi connectivity index (χ0) is 18.0. The summed E-state index contributed by atoms with van der Waals surface area (Å²) in [5.74, 6) is 0. The minimum atomic E-state index is -4.62. The number of nitrogens with one attached hydrogen (secondary N) is 1. The van der Waals surface area contributed by atoms with E-state index in [-0.39, 0.29) is 11.1 Å². The fraction of sp³-hybridized carbons (Fsp3) is 0.600. The molecule has 1 aliphatic rings. The molecule has 24 heavy (non-hydrogen) atoms. The van der Waals surface area contributed by atoms with Crippen molar-refractivity contribution < 1.29 is 21.6 Å². The van der Waals surface area contributed by atoms with E-state index in [9.17, 15) is 21.6 Å². The van der Waals surface area contributed by atoms with Crippen molar-refractivity contribution in [1.82, 2.24) is 9.62 Å². The van der Waals surface area contributed by atoms with Crippen LogP contribution in [0.1, 0.15) is 31.7 Å². The summed E-state index contributed by atoms with van der Waals surface area (Å²) in [5.41, 5.74) is -1.04. The number of halogens is 4. The molecule has 2 rings (SSSR count). The Labute approximate surface area is 145 Å².